The van der Waals surface area contributed by atoms with E-state index in [0.717, 1.165) is 48.0 Å². The zero-order valence-corrected chi connectivity index (χ0v) is 25.2. The van der Waals surface area contributed by atoms with E-state index in [-0.39, 0.29) is 36.4 Å². The van der Waals surface area contributed by atoms with Gasteiger partial charge in [0.25, 0.3) is 0 Å². The number of carbonyl (C=O) groups excluding carboxylic acids is 1. The number of carbonyl (C=O) groups is 1. The van der Waals surface area contributed by atoms with Gasteiger partial charge in [0, 0.05) is 31.5 Å². The maximum absolute atomic E-state index is 14.6. The van der Waals surface area contributed by atoms with Crippen molar-refractivity contribution in [2.75, 3.05) is 0 Å². The van der Waals surface area contributed by atoms with Crippen LogP contribution in [0.25, 0.3) is 11.8 Å². The second-order valence-corrected chi connectivity index (χ2v) is 14.2. The van der Waals surface area contributed by atoms with E-state index in [1.807, 2.05) is 10.4 Å². The third kappa shape index (κ3) is 5.11. The molecule has 13 heteroatoms. The SMILES string of the molecule is C=S(=O)(c1ccn(C)n1)N(C1CC1)[C@H]1CCC2=Cc3c(cnn3-c3ccc(F)cc3)C[C@]2(C(=O)c2cc(C(F)(F)F)ccn2)C1. The average Bonchev–Trinajstić information content (AvgIpc) is 3.59. The second-order valence-electron chi connectivity index (χ2n) is 12.1. The third-order valence-corrected chi connectivity index (χ3v) is 11.2. The number of aromatic nitrogens is 5. The van der Waals surface area contributed by atoms with Crippen LogP contribution in [0.3, 0.4) is 0 Å². The lowest BCUT2D eigenvalue weighted by Gasteiger charge is -2.47. The van der Waals surface area contributed by atoms with Gasteiger partial charge < -0.3 is 0 Å². The molecule has 0 N–H and O–H groups in total. The summed E-state index contributed by atoms with van der Waals surface area (Å²) >= 11 is 0. The predicted molar refractivity (Wildman–Crippen MR) is 160 cm³/mol. The van der Waals surface area contributed by atoms with Crippen LogP contribution in [0.2, 0.25) is 0 Å². The lowest BCUT2D eigenvalue weighted by atomic mass is 9.60. The summed E-state index contributed by atoms with van der Waals surface area (Å²) in [6.45, 7) is 0. The van der Waals surface area contributed by atoms with Gasteiger partial charge in [-0.2, -0.15) is 23.4 Å². The Balaban J connectivity index is 1.33. The third-order valence-electron chi connectivity index (χ3n) is 9.08. The first-order valence-electron chi connectivity index (χ1n) is 14.6. The smallest absolute Gasteiger partial charge is 0.291 e. The van der Waals surface area contributed by atoms with Crippen molar-refractivity contribution in [1.82, 2.24) is 28.9 Å². The zero-order valence-electron chi connectivity index (χ0n) is 24.4. The highest BCUT2D eigenvalue weighted by Gasteiger charge is 2.53. The van der Waals surface area contributed by atoms with E-state index in [1.54, 1.807) is 47.0 Å². The maximum Gasteiger partial charge on any atom is 0.416 e. The molecule has 0 aliphatic heterocycles. The topological polar surface area (TPSA) is 85.9 Å². The summed E-state index contributed by atoms with van der Waals surface area (Å²) in [4.78, 5) is 18.7. The molecular weight excluding hydrogens is 608 g/mol. The van der Waals surface area contributed by atoms with Gasteiger partial charge in [0.1, 0.15) is 11.5 Å². The van der Waals surface area contributed by atoms with Crippen molar-refractivity contribution in [3.8, 4) is 5.69 Å². The molecule has 7 rings (SSSR count). The van der Waals surface area contributed by atoms with Crippen molar-refractivity contribution in [1.29, 1.82) is 0 Å². The predicted octanol–water partition coefficient (Wildman–Crippen LogP) is 5.67. The first-order valence-corrected chi connectivity index (χ1v) is 16.3. The van der Waals surface area contributed by atoms with Crippen molar-refractivity contribution in [2.45, 2.75) is 61.8 Å². The Bertz CT molecular complexity index is 1940. The number of ketones is 1. The lowest BCUT2D eigenvalue weighted by Crippen LogP contribution is -2.51. The van der Waals surface area contributed by atoms with Gasteiger partial charge in [-0.15, -0.1) is 0 Å². The minimum absolute atomic E-state index is 0.00764. The molecule has 234 valence electrons. The van der Waals surface area contributed by atoms with Gasteiger partial charge in [0.2, 0.25) is 0 Å². The summed E-state index contributed by atoms with van der Waals surface area (Å²) < 4.78 is 74.3. The Kier molecular flexibility index (Phi) is 6.89. The number of halogens is 4. The van der Waals surface area contributed by atoms with E-state index >= 15 is 0 Å². The Morgan fingerprint density at radius 2 is 1.87 bits per heavy atom. The van der Waals surface area contributed by atoms with Gasteiger partial charge >= 0.3 is 6.18 Å². The number of aryl methyl sites for hydroxylation is 1. The number of rotatable bonds is 7. The standard InChI is InChI=1S/C32H30F4N6O2S/c1-40-14-12-29(39-40)45(2,44)42(25-9-10-25)26-6-3-21-16-28-20(19-38-41(28)24-7-4-23(33)5-8-24)17-31(21,18-26)30(43)27-15-22(11-13-37-27)32(34,35)36/h4-5,7-8,11-16,19,25-26H,2-3,6,9-10,17-18H2,1H3/t26-,31-,45?/m0/s1. The molecule has 2 fully saturated rings. The highest BCUT2D eigenvalue weighted by Crippen LogP contribution is 2.52. The van der Waals surface area contributed by atoms with Crippen LogP contribution >= 0.6 is 0 Å². The fourth-order valence-electron chi connectivity index (χ4n) is 6.85. The molecule has 0 spiro atoms. The van der Waals surface area contributed by atoms with E-state index in [2.05, 4.69) is 21.1 Å². The summed E-state index contributed by atoms with van der Waals surface area (Å²) in [5.41, 5.74) is 0.356. The highest BCUT2D eigenvalue weighted by molar-refractivity contribution is 7.98. The fraction of sp³-hybridized carbons (Fsp3) is 0.344. The molecule has 45 heavy (non-hydrogen) atoms. The molecule has 0 radical (unpaired) electrons. The molecule has 1 unspecified atom stereocenters. The Morgan fingerprint density at radius 1 is 1.11 bits per heavy atom. The van der Waals surface area contributed by atoms with Crippen molar-refractivity contribution in [3.05, 3.63) is 95.0 Å². The first-order chi connectivity index (χ1) is 21.4. The van der Waals surface area contributed by atoms with Crippen LogP contribution in [0.4, 0.5) is 17.6 Å². The van der Waals surface area contributed by atoms with Gasteiger partial charge in [0.05, 0.1) is 38.3 Å². The van der Waals surface area contributed by atoms with Crippen LogP contribution in [0, 0.1) is 11.2 Å². The molecule has 3 heterocycles. The number of benzene rings is 1. The average molecular weight is 639 g/mol. The van der Waals surface area contributed by atoms with Crippen molar-refractivity contribution in [2.24, 2.45) is 12.5 Å². The molecule has 3 aliphatic rings. The summed E-state index contributed by atoms with van der Waals surface area (Å²) in [6, 6.07) is 8.86. The number of hydrogen-bond donors (Lipinski definition) is 0. The summed E-state index contributed by atoms with van der Waals surface area (Å²) in [5, 5.41) is 9.28. The molecule has 8 nitrogen and oxygen atoms in total. The van der Waals surface area contributed by atoms with Crippen molar-refractivity contribution >= 4 is 27.4 Å². The molecular formula is C32H30F4N6O2S. The zero-order chi connectivity index (χ0) is 31.7. The molecule has 3 atom stereocenters. The number of fused-ring (bicyclic) bond motifs is 2. The minimum atomic E-state index is -4.65. The second kappa shape index (κ2) is 10.5. The maximum atomic E-state index is 14.6. The molecule has 2 saturated carbocycles. The number of nitrogens with zero attached hydrogens (tertiary/aromatic N) is 6. The quantitative estimate of drug-likeness (QED) is 0.148. The first kappa shape index (κ1) is 29.6. The van der Waals surface area contributed by atoms with E-state index in [0.29, 0.717) is 23.6 Å². The lowest BCUT2D eigenvalue weighted by molar-refractivity contribution is -0.137. The summed E-state index contributed by atoms with van der Waals surface area (Å²) in [6.07, 6.45) is 4.62. The normalized spacial score (nSPS) is 22.8. The molecule has 3 aromatic heterocycles. The molecule has 0 saturated heterocycles. The van der Waals surface area contributed by atoms with Crippen LogP contribution < -0.4 is 0 Å². The number of pyridine rings is 1. The largest absolute Gasteiger partial charge is 0.416 e. The molecule has 3 aliphatic carbocycles. The van der Waals surface area contributed by atoms with Crippen LogP contribution in [-0.4, -0.2) is 56.8 Å². The Hall–Kier alpha value is -4.10. The summed E-state index contributed by atoms with van der Waals surface area (Å²) in [5.74, 6) is 3.23. The van der Waals surface area contributed by atoms with Crippen LogP contribution in [-0.2, 0) is 29.4 Å². The fourth-order valence-corrected chi connectivity index (χ4v) is 8.95. The number of Topliss-reactive ketones (excluding diaryl/α,β-unsaturated/α-hetero) is 1. The minimum Gasteiger partial charge on any atom is -0.291 e. The number of alkyl halides is 3. The highest BCUT2D eigenvalue weighted by atomic mass is 32.2. The van der Waals surface area contributed by atoms with Crippen molar-refractivity contribution < 1.29 is 26.6 Å². The van der Waals surface area contributed by atoms with Gasteiger partial charge in [-0.3, -0.25) is 14.5 Å². The van der Waals surface area contributed by atoms with E-state index < -0.39 is 32.6 Å². The molecule has 1 aromatic carbocycles. The summed E-state index contributed by atoms with van der Waals surface area (Å²) in [7, 11) is -1.30. The molecule has 0 bridgehead atoms. The van der Waals surface area contributed by atoms with Gasteiger partial charge in [0.15, 0.2) is 10.8 Å². The number of hydrogen-bond acceptors (Lipinski definition) is 5. The molecule has 0 amide bonds. The van der Waals surface area contributed by atoms with E-state index in [4.69, 9.17) is 0 Å². The van der Waals surface area contributed by atoms with Crippen LogP contribution in [0.1, 0.15) is 59.4 Å². The van der Waals surface area contributed by atoms with Crippen LogP contribution in [0.15, 0.2) is 71.7 Å². The molecule has 4 aromatic rings. The number of allylic oxidation sites excluding steroid dienone is 1. The Labute approximate surface area is 257 Å². The van der Waals surface area contributed by atoms with Crippen LogP contribution in [0.5, 0.6) is 0 Å². The van der Waals surface area contributed by atoms with E-state index in [9.17, 15) is 26.6 Å². The van der Waals surface area contributed by atoms with E-state index in [1.165, 1.54) is 12.1 Å². The monoisotopic (exact) mass is 638 g/mol. The van der Waals surface area contributed by atoms with Gasteiger partial charge in [-0.05, 0) is 98.5 Å². The van der Waals surface area contributed by atoms with Gasteiger partial charge in [-0.25, -0.2) is 17.6 Å². The van der Waals surface area contributed by atoms with Gasteiger partial charge in [-0.1, -0.05) is 5.57 Å². The van der Waals surface area contributed by atoms with Crippen molar-refractivity contribution in [3.63, 3.8) is 0 Å². The Morgan fingerprint density at radius 3 is 2.53 bits per heavy atom.